The number of nitrogens with one attached hydrogen (secondary N) is 2. The average Bonchev–Trinajstić information content (AvgIpc) is 3.45. The third kappa shape index (κ3) is 5.56. The number of benzene rings is 1. The van der Waals surface area contributed by atoms with Crippen LogP contribution in [0.15, 0.2) is 42.5 Å². The van der Waals surface area contributed by atoms with E-state index in [0.717, 1.165) is 51.5 Å². The summed E-state index contributed by atoms with van der Waals surface area (Å²) in [5.74, 6) is 2.70. The molecule has 7 rings (SSSR count). The molecule has 6 heteroatoms. The number of rotatable bonds is 9. The van der Waals surface area contributed by atoms with E-state index in [2.05, 4.69) is 69.7 Å². The Labute approximate surface area is 302 Å². The molecule has 0 aromatic heterocycles. The van der Waals surface area contributed by atoms with Gasteiger partial charge in [-0.15, -0.1) is 0 Å². The largest absolute Gasteiger partial charge is 0.478 e. The van der Waals surface area contributed by atoms with Gasteiger partial charge in [0.1, 0.15) is 0 Å². The first-order chi connectivity index (χ1) is 23.7. The van der Waals surface area contributed by atoms with E-state index in [1.165, 1.54) is 68.1 Å². The standard InChI is InChI=1S/C44H65N3O3/c1-29(2)32-15-20-44(28-45-23-8-25-47-26-24-46-37(48)27-47)22-21-42(6)34(38(32)44)13-14-36-41(5)18-16-33(30-9-11-31(12-10-30)39(49)50)40(3,4)35(41)17-19-43(36,42)7/h9-12,16,32,34-36,38,45H,1,8,13-15,17-28H2,2-7H3,(H,46,48)(H,49,50). The van der Waals surface area contributed by atoms with Gasteiger partial charge in [-0.05, 0) is 164 Å². The van der Waals surface area contributed by atoms with E-state index in [0.29, 0.717) is 52.0 Å². The van der Waals surface area contributed by atoms with Gasteiger partial charge in [0.2, 0.25) is 5.91 Å². The van der Waals surface area contributed by atoms with Crippen molar-refractivity contribution in [1.29, 1.82) is 0 Å². The van der Waals surface area contributed by atoms with E-state index >= 15 is 0 Å². The highest BCUT2D eigenvalue weighted by molar-refractivity contribution is 5.88. The first kappa shape index (κ1) is 35.9. The molecule has 3 N–H and O–H groups in total. The van der Waals surface area contributed by atoms with Crippen LogP contribution < -0.4 is 10.6 Å². The monoisotopic (exact) mass is 684 g/mol. The van der Waals surface area contributed by atoms with Crippen LogP contribution in [-0.4, -0.2) is 61.2 Å². The first-order valence-corrected chi connectivity index (χ1v) is 20.1. The average molecular weight is 684 g/mol. The number of hydrogen-bond donors (Lipinski definition) is 3. The number of carbonyl (C=O) groups is 2. The molecule has 9 atom stereocenters. The van der Waals surface area contributed by atoms with Crippen LogP contribution in [0.2, 0.25) is 0 Å². The van der Waals surface area contributed by atoms with Crippen molar-refractivity contribution in [1.82, 2.24) is 15.5 Å². The molecule has 0 radical (unpaired) electrons. The minimum absolute atomic E-state index is 0.0289. The number of piperazine rings is 1. The molecule has 1 saturated heterocycles. The number of nitrogens with zero attached hydrogens (tertiary/aromatic N) is 1. The van der Waals surface area contributed by atoms with E-state index in [1.807, 2.05) is 12.1 Å². The number of carboxylic acids is 1. The molecule has 9 unspecified atom stereocenters. The van der Waals surface area contributed by atoms with Gasteiger partial charge in [-0.25, -0.2) is 4.79 Å². The maximum Gasteiger partial charge on any atom is 0.335 e. The number of aromatic carboxylic acids is 1. The lowest BCUT2D eigenvalue weighted by molar-refractivity contribution is -0.225. The number of carboxylic acid groups (broad SMARTS) is 1. The van der Waals surface area contributed by atoms with Gasteiger partial charge in [0, 0.05) is 19.6 Å². The molecule has 6 nitrogen and oxygen atoms in total. The molecule has 0 spiro atoms. The van der Waals surface area contributed by atoms with E-state index in [4.69, 9.17) is 0 Å². The summed E-state index contributed by atoms with van der Waals surface area (Å²) in [4.78, 5) is 25.7. The number of amides is 1. The molecule has 1 amide bonds. The third-order valence-electron chi connectivity index (χ3n) is 16.7. The van der Waals surface area contributed by atoms with E-state index in [1.54, 1.807) is 12.1 Å². The maximum absolute atomic E-state index is 11.8. The fraction of sp³-hybridized carbons (Fsp3) is 0.727. The Balaban J connectivity index is 1.11. The van der Waals surface area contributed by atoms with Crippen molar-refractivity contribution in [2.24, 2.45) is 56.7 Å². The van der Waals surface area contributed by atoms with Crippen molar-refractivity contribution in [2.45, 2.75) is 106 Å². The third-order valence-corrected chi connectivity index (χ3v) is 16.7. The lowest BCUT2D eigenvalue weighted by Crippen LogP contribution is -2.65. The Bertz CT molecular complexity index is 1530. The zero-order chi connectivity index (χ0) is 35.7. The molecule has 50 heavy (non-hydrogen) atoms. The zero-order valence-corrected chi connectivity index (χ0v) is 32.0. The SMILES string of the molecule is C=C(C)C1CCC2(CNCCCN3CCNC(=O)C3)CCC3(C)C(CCC4C5(C)CC=C(c6ccc(C(=O)O)cc6)C(C)(C)C5CCC43C)C12. The van der Waals surface area contributed by atoms with Gasteiger partial charge in [-0.3, -0.25) is 9.69 Å². The minimum Gasteiger partial charge on any atom is -0.478 e. The quantitative estimate of drug-likeness (QED) is 0.180. The van der Waals surface area contributed by atoms with Gasteiger partial charge in [0.05, 0.1) is 12.1 Å². The van der Waals surface area contributed by atoms with Crippen molar-refractivity contribution >= 4 is 17.4 Å². The molecule has 1 heterocycles. The molecular weight excluding hydrogens is 619 g/mol. The van der Waals surface area contributed by atoms with Crippen LogP contribution in [0.25, 0.3) is 5.57 Å². The highest BCUT2D eigenvalue weighted by Gasteiger charge is 2.70. The molecule has 4 saturated carbocycles. The summed E-state index contributed by atoms with van der Waals surface area (Å²) in [6, 6.07) is 7.63. The number of hydrogen-bond acceptors (Lipinski definition) is 4. The summed E-state index contributed by atoms with van der Waals surface area (Å²) in [5, 5.41) is 16.4. The Morgan fingerprint density at radius 2 is 1.74 bits per heavy atom. The molecule has 6 aliphatic rings. The smallest absolute Gasteiger partial charge is 0.335 e. The Kier molecular flexibility index (Phi) is 9.27. The maximum atomic E-state index is 11.8. The van der Waals surface area contributed by atoms with Crippen LogP contribution >= 0.6 is 0 Å². The molecule has 1 aliphatic heterocycles. The predicted molar refractivity (Wildman–Crippen MR) is 203 cm³/mol. The summed E-state index contributed by atoms with van der Waals surface area (Å²) in [6.45, 7) is 25.5. The first-order valence-electron chi connectivity index (χ1n) is 20.1. The van der Waals surface area contributed by atoms with Crippen LogP contribution in [0.3, 0.4) is 0 Å². The lowest BCUT2D eigenvalue weighted by atomic mass is 9.32. The van der Waals surface area contributed by atoms with Crippen molar-refractivity contribution < 1.29 is 14.7 Å². The molecule has 274 valence electrons. The fourth-order valence-electron chi connectivity index (χ4n) is 14.1. The molecule has 0 bridgehead atoms. The van der Waals surface area contributed by atoms with Gasteiger partial charge in [0.15, 0.2) is 0 Å². The molecule has 1 aromatic carbocycles. The van der Waals surface area contributed by atoms with E-state index in [9.17, 15) is 14.7 Å². The van der Waals surface area contributed by atoms with Gasteiger partial charge in [-0.2, -0.15) is 0 Å². The van der Waals surface area contributed by atoms with Crippen LogP contribution in [0.4, 0.5) is 0 Å². The second-order valence-corrected chi connectivity index (χ2v) is 19.1. The number of fused-ring (bicyclic) bond motifs is 7. The van der Waals surface area contributed by atoms with Crippen molar-refractivity contribution in [3.8, 4) is 0 Å². The fourth-order valence-corrected chi connectivity index (χ4v) is 14.1. The predicted octanol–water partition coefficient (Wildman–Crippen LogP) is 8.45. The number of allylic oxidation sites excluding steroid dienone is 3. The second kappa shape index (κ2) is 12.9. The van der Waals surface area contributed by atoms with Crippen LogP contribution in [0, 0.1) is 56.7 Å². The van der Waals surface area contributed by atoms with Gasteiger partial charge < -0.3 is 15.7 Å². The summed E-state index contributed by atoms with van der Waals surface area (Å²) < 4.78 is 0. The van der Waals surface area contributed by atoms with Gasteiger partial charge >= 0.3 is 5.97 Å². The van der Waals surface area contributed by atoms with Crippen molar-refractivity contribution in [2.75, 3.05) is 39.3 Å². The van der Waals surface area contributed by atoms with Gasteiger partial charge in [-0.1, -0.05) is 65.0 Å². The Hall–Kier alpha value is -2.44. The molecular formula is C44H65N3O3. The summed E-state index contributed by atoms with van der Waals surface area (Å²) >= 11 is 0. The lowest BCUT2D eigenvalue weighted by Gasteiger charge is -2.72. The molecule has 1 aromatic rings. The van der Waals surface area contributed by atoms with Crippen LogP contribution in [0.5, 0.6) is 0 Å². The summed E-state index contributed by atoms with van der Waals surface area (Å²) in [7, 11) is 0. The van der Waals surface area contributed by atoms with E-state index in [-0.39, 0.29) is 16.7 Å². The topological polar surface area (TPSA) is 81.7 Å². The summed E-state index contributed by atoms with van der Waals surface area (Å²) in [6.07, 6.45) is 15.3. The Morgan fingerprint density at radius 1 is 0.980 bits per heavy atom. The van der Waals surface area contributed by atoms with Crippen LogP contribution in [0.1, 0.15) is 122 Å². The molecule has 5 aliphatic carbocycles. The van der Waals surface area contributed by atoms with Crippen molar-refractivity contribution in [3.63, 3.8) is 0 Å². The van der Waals surface area contributed by atoms with Gasteiger partial charge in [0.25, 0.3) is 0 Å². The highest BCUT2D eigenvalue weighted by atomic mass is 16.4. The summed E-state index contributed by atoms with van der Waals surface area (Å²) in [5.41, 5.74) is 5.66. The van der Waals surface area contributed by atoms with E-state index < -0.39 is 5.97 Å². The number of carbonyl (C=O) groups excluding carboxylic acids is 1. The zero-order valence-electron chi connectivity index (χ0n) is 32.0. The van der Waals surface area contributed by atoms with Crippen molar-refractivity contribution in [3.05, 3.63) is 53.6 Å². The second-order valence-electron chi connectivity index (χ2n) is 19.1. The normalized spacial score (nSPS) is 40.8. The van der Waals surface area contributed by atoms with Crippen LogP contribution in [-0.2, 0) is 4.79 Å². The molecule has 5 fully saturated rings. The highest BCUT2D eigenvalue weighted by Crippen LogP contribution is 2.77. The Morgan fingerprint density at radius 3 is 2.44 bits per heavy atom. The minimum atomic E-state index is -0.860.